The molecule has 2 aromatic rings. The first-order chi connectivity index (χ1) is 9.20. The van der Waals surface area contributed by atoms with Crippen molar-refractivity contribution in [1.82, 2.24) is 15.1 Å². The van der Waals surface area contributed by atoms with E-state index >= 15 is 0 Å². The molecule has 19 heavy (non-hydrogen) atoms. The summed E-state index contributed by atoms with van der Waals surface area (Å²) in [7, 11) is 3.66. The van der Waals surface area contributed by atoms with Gasteiger partial charge in [0.25, 0.3) is 0 Å². The number of aromatic nitrogens is 2. The van der Waals surface area contributed by atoms with Crippen LogP contribution in [-0.4, -0.2) is 16.9 Å². The van der Waals surface area contributed by atoms with Gasteiger partial charge in [-0.25, -0.2) is 0 Å². The molecule has 1 unspecified atom stereocenters. The summed E-state index contributed by atoms with van der Waals surface area (Å²) < 4.78 is 7.05. The average Bonchev–Trinajstić information content (AvgIpc) is 2.84. The molecule has 0 aliphatic rings. The summed E-state index contributed by atoms with van der Waals surface area (Å²) in [5, 5.41) is 7.71. The molecule has 1 heterocycles. The Kier molecular flexibility index (Phi) is 4.71. The second-order valence-corrected chi connectivity index (χ2v) is 4.75. The van der Waals surface area contributed by atoms with E-state index in [0.717, 1.165) is 6.54 Å². The lowest BCUT2D eigenvalue weighted by atomic mass is 10.1. The van der Waals surface area contributed by atoms with Crippen LogP contribution >= 0.6 is 0 Å². The highest BCUT2D eigenvalue weighted by molar-refractivity contribution is 5.26. The summed E-state index contributed by atoms with van der Waals surface area (Å²) in [6.07, 6.45) is 3.94. The molecule has 0 amide bonds. The molecule has 0 spiro atoms. The molecule has 0 saturated carbocycles. The summed E-state index contributed by atoms with van der Waals surface area (Å²) in [5.74, 6) is 0. The topological polar surface area (TPSA) is 39.1 Å². The van der Waals surface area contributed by atoms with Crippen LogP contribution in [0.5, 0.6) is 0 Å². The first kappa shape index (κ1) is 13.8. The van der Waals surface area contributed by atoms with Crippen LogP contribution in [0.2, 0.25) is 0 Å². The normalized spacial score (nSPS) is 12.6. The summed E-state index contributed by atoms with van der Waals surface area (Å²) in [5.41, 5.74) is 3.71. The number of rotatable bonds is 6. The predicted octanol–water partition coefficient (Wildman–Crippen LogP) is 2.42. The van der Waals surface area contributed by atoms with Gasteiger partial charge in [0.05, 0.1) is 12.8 Å². The number of ether oxygens (including phenoxy) is 1. The van der Waals surface area contributed by atoms with Crippen LogP contribution in [0, 0.1) is 0 Å². The van der Waals surface area contributed by atoms with Gasteiger partial charge in [-0.1, -0.05) is 24.3 Å². The lowest BCUT2D eigenvalue weighted by Gasteiger charge is -2.14. The third-order valence-electron chi connectivity index (χ3n) is 3.24. The highest BCUT2D eigenvalue weighted by atomic mass is 16.5. The summed E-state index contributed by atoms with van der Waals surface area (Å²) in [4.78, 5) is 0. The van der Waals surface area contributed by atoms with Crippen LogP contribution in [-0.2, 0) is 24.9 Å². The van der Waals surface area contributed by atoms with Crippen molar-refractivity contribution in [3.8, 4) is 0 Å². The molecule has 0 aliphatic heterocycles. The Morgan fingerprint density at radius 2 is 2.05 bits per heavy atom. The van der Waals surface area contributed by atoms with Gasteiger partial charge < -0.3 is 10.1 Å². The zero-order valence-electron chi connectivity index (χ0n) is 11.8. The van der Waals surface area contributed by atoms with Gasteiger partial charge in [-0.2, -0.15) is 5.10 Å². The van der Waals surface area contributed by atoms with Crippen molar-refractivity contribution in [3.63, 3.8) is 0 Å². The molecule has 2 rings (SSSR count). The average molecular weight is 259 g/mol. The van der Waals surface area contributed by atoms with E-state index in [1.54, 1.807) is 7.11 Å². The third-order valence-corrected chi connectivity index (χ3v) is 3.24. The molecule has 1 atom stereocenters. The largest absolute Gasteiger partial charge is 0.380 e. The van der Waals surface area contributed by atoms with Gasteiger partial charge in [-0.3, -0.25) is 4.68 Å². The van der Waals surface area contributed by atoms with Crippen molar-refractivity contribution in [2.75, 3.05) is 7.11 Å². The molecule has 4 nitrogen and oxygen atoms in total. The lowest BCUT2D eigenvalue weighted by Crippen LogP contribution is -2.18. The van der Waals surface area contributed by atoms with Crippen molar-refractivity contribution in [3.05, 3.63) is 53.3 Å². The fourth-order valence-electron chi connectivity index (χ4n) is 2.07. The highest BCUT2D eigenvalue weighted by Crippen LogP contribution is 2.14. The molecule has 1 aromatic carbocycles. The van der Waals surface area contributed by atoms with Gasteiger partial charge in [0.15, 0.2) is 0 Å². The van der Waals surface area contributed by atoms with Crippen molar-refractivity contribution < 1.29 is 4.74 Å². The Hall–Kier alpha value is -1.65. The standard InChI is InChI=1S/C15H21N3O/c1-12(15-9-17-18(2)10-15)16-8-13-6-4-5-7-14(13)11-19-3/h4-7,9-10,12,16H,8,11H2,1-3H3. The van der Waals surface area contributed by atoms with E-state index in [1.807, 2.05) is 30.2 Å². The number of nitrogens with one attached hydrogen (secondary N) is 1. The first-order valence-corrected chi connectivity index (χ1v) is 6.48. The van der Waals surface area contributed by atoms with E-state index in [9.17, 15) is 0 Å². The molecule has 1 N–H and O–H groups in total. The fourth-order valence-corrected chi connectivity index (χ4v) is 2.07. The maximum absolute atomic E-state index is 5.22. The zero-order chi connectivity index (χ0) is 13.7. The van der Waals surface area contributed by atoms with Gasteiger partial charge >= 0.3 is 0 Å². The third kappa shape index (κ3) is 3.66. The van der Waals surface area contributed by atoms with Crippen LogP contribution in [0.1, 0.15) is 29.7 Å². The summed E-state index contributed by atoms with van der Waals surface area (Å²) in [6, 6.07) is 8.63. The number of aryl methyl sites for hydroxylation is 1. The molecule has 102 valence electrons. The van der Waals surface area contributed by atoms with E-state index in [0.29, 0.717) is 6.61 Å². The molecule has 0 fully saturated rings. The Labute approximate surface area is 114 Å². The number of hydrogen-bond donors (Lipinski definition) is 1. The Bertz CT molecular complexity index is 522. The van der Waals surface area contributed by atoms with Crippen LogP contribution in [0.15, 0.2) is 36.7 Å². The number of hydrogen-bond acceptors (Lipinski definition) is 3. The smallest absolute Gasteiger partial charge is 0.0716 e. The number of benzene rings is 1. The first-order valence-electron chi connectivity index (χ1n) is 6.48. The predicted molar refractivity (Wildman–Crippen MR) is 75.6 cm³/mol. The van der Waals surface area contributed by atoms with Crippen molar-refractivity contribution in [1.29, 1.82) is 0 Å². The highest BCUT2D eigenvalue weighted by Gasteiger charge is 2.08. The van der Waals surface area contributed by atoms with Crippen LogP contribution < -0.4 is 5.32 Å². The quantitative estimate of drug-likeness (QED) is 0.866. The Morgan fingerprint density at radius 3 is 2.68 bits per heavy atom. The van der Waals surface area contributed by atoms with E-state index in [-0.39, 0.29) is 6.04 Å². The SMILES string of the molecule is COCc1ccccc1CNC(C)c1cnn(C)c1. The molecule has 0 bridgehead atoms. The van der Waals surface area contributed by atoms with E-state index in [4.69, 9.17) is 4.74 Å². The van der Waals surface area contributed by atoms with Crippen molar-refractivity contribution in [2.24, 2.45) is 7.05 Å². The zero-order valence-corrected chi connectivity index (χ0v) is 11.8. The molecular formula is C15H21N3O. The summed E-state index contributed by atoms with van der Waals surface area (Å²) in [6.45, 7) is 3.63. The second-order valence-electron chi connectivity index (χ2n) is 4.75. The molecule has 0 saturated heterocycles. The van der Waals surface area contributed by atoms with E-state index < -0.39 is 0 Å². The minimum atomic E-state index is 0.282. The van der Waals surface area contributed by atoms with Crippen molar-refractivity contribution in [2.45, 2.75) is 26.1 Å². The molecule has 0 radical (unpaired) electrons. The van der Waals surface area contributed by atoms with Gasteiger partial charge in [0, 0.05) is 38.5 Å². The number of nitrogens with zero attached hydrogens (tertiary/aromatic N) is 2. The van der Waals surface area contributed by atoms with Crippen LogP contribution in [0.3, 0.4) is 0 Å². The molecular weight excluding hydrogens is 238 g/mol. The minimum absolute atomic E-state index is 0.282. The van der Waals surface area contributed by atoms with Gasteiger partial charge in [-0.15, -0.1) is 0 Å². The fraction of sp³-hybridized carbons (Fsp3) is 0.400. The Balaban J connectivity index is 1.98. The lowest BCUT2D eigenvalue weighted by molar-refractivity contribution is 0.184. The van der Waals surface area contributed by atoms with Crippen LogP contribution in [0.4, 0.5) is 0 Å². The number of methoxy groups -OCH3 is 1. The molecule has 4 heteroatoms. The van der Waals surface area contributed by atoms with E-state index in [2.05, 4.69) is 35.5 Å². The van der Waals surface area contributed by atoms with Gasteiger partial charge in [-0.05, 0) is 18.1 Å². The molecule has 0 aliphatic carbocycles. The summed E-state index contributed by atoms with van der Waals surface area (Å²) >= 11 is 0. The van der Waals surface area contributed by atoms with Crippen LogP contribution in [0.25, 0.3) is 0 Å². The second kappa shape index (κ2) is 6.50. The molecule has 1 aromatic heterocycles. The Morgan fingerprint density at radius 1 is 1.32 bits per heavy atom. The minimum Gasteiger partial charge on any atom is -0.380 e. The van der Waals surface area contributed by atoms with E-state index in [1.165, 1.54) is 16.7 Å². The maximum Gasteiger partial charge on any atom is 0.0716 e. The monoisotopic (exact) mass is 259 g/mol. The van der Waals surface area contributed by atoms with Crippen molar-refractivity contribution >= 4 is 0 Å². The maximum atomic E-state index is 5.22. The van der Waals surface area contributed by atoms with Gasteiger partial charge in [0.1, 0.15) is 0 Å². The van der Waals surface area contributed by atoms with Gasteiger partial charge in [0.2, 0.25) is 0 Å².